The van der Waals surface area contributed by atoms with Gasteiger partial charge in [0, 0.05) is 38.4 Å². The normalized spacial score (nSPS) is 12.9. The molecular weight excluding hydrogens is 633 g/mol. The van der Waals surface area contributed by atoms with Crippen LogP contribution < -0.4 is 0 Å². The molecule has 242 valence electrons. The minimum Gasteiger partial charge on any atom is -0.463 e. The van der Waals surface area contributed by atoms with Crippen LogP contribution in [0.25, 0.3) is 110 Å². The monoisotopic (exact) mass is 666 g/mol. The third kappa shape index (κ3) is 4.25. The minimum absolute atomic E-state index is 0.0843. The summed E-state index contributed by atoms with van der Waals surface area (Å²) in [5.74, 6) is 0.790. The molecule has 0 spiro atoms. The van der Waals surface area contributed by atoms with E-state index in [1.54, 1.807) is 6.26 Å². The molecule has 0 N–H and O–H groups in total. The highest BCUT2D eigenvalue weighted by Crippen LogP contribution is 2.49. The fourth-order valence-corrected chi connectivity index (χ4v) is 8.16. The van der Waals surface area contributed by atoms with Crippen molar-refractivity contribution < 1.29 is 14.3 Å². The third-order valence-electron chi connectivity index (χ3n) is 10.4. The molecule has 2 heterocycles. The lowest BCUT2D eigenvalue weighted by Crippen LogP contribution is -1.91. The zero-order valence-corrected chi connectivity index (χ0v) is 27.8. The van der Waals surface area contributed by atoms with E-state index in [0.29, 0.717) is 10.8 Å². The Labute approximate surface area is 305 Å². The first-order valence-corrected chi connectivity index (χ1v) is 17.4. The highest BCUT2D eigenvalue weighted by atomic mass is 16.3. The Morgan fingerprint density at radius 1 is 0.404 bits per heavy atom. The van der Waals surface area contributed by atoms with Crippen molar-refractivity contribution in [1.29, 1.82) is 0 Å². The Bertz CT molecular complexity index is 3400. The van der Waals surface area contributed by atoms with E-state index in [1.807, 2.05) is 84.9 Å². The molecule has 9 aromatic carbocycles. The predicted molar refractivity (Wildman–Crippen MR) is 218 cm³/mol. The summed E-state index contributed by atoms with van der Waals surface area (Å²) in [6.45, 7) is 0. The van der Waals surface area contributed by atoms with Crippen LogP contribution >= 0.6 is 0 Å². The molecule has 0 unspecified atom stereocenters. The minimum atomic E-state index is -0.276. The van der Waals surface area contributed by atoms with Crippen LogP contribution in [0.3, 0.4) is 0 Å². The maximum Gasteiger partial charge on any atom is 0.143 e. The van der Waals surface area contributed by atoms with Gasteiger partial charge >= 0.3 is 0 Å². The van der Waals surface area contributed by atoms with E-state index >= 15 is 0 Å². The first-order valence-electron chi connectivity index (χ1n) is 19.4. The van der Waals surface area contributed by atoms with Crippen LogP contribution in [0.15, 0.2) is 191 Å². The van der Waals surface area contributed by atoms with E-state index in [4.69, 9.17) is 11.6 Å². The summed E-state index contributed by atoms with van der Waals surface area (Å²) in [5.41, 5.74) is 7.64. The maximum atomic E-state index is 9.54. The SMILES string of the molecule is [2H]c1c([2H])c([2H])c2c(-c3coc4c3ccc3ccccc34)c3ccccc3c(-c3cccc4cc5oc(-c6ccccc6)c(-c6ccccc6)c5cc34)c2c1[2H]. The smallest absolute Gasteiger partial charge is 0.143 e. The number of hydrogen-bond donors (Lipinski definition) is 0. The van der Waals surface area contributed by atoms with Crippen molar-refractivity contribution in [2.24, 2.45) is 0 Å². The van der Waals surface area contributed by atoms with E-state index in [0.717, 1.165) is 99.0 Å². The fraction of sp³-hybridized carbons (Fsp3) is 0. The molecule has 0 bridgehead atoms. The molecule has 0 aliphatic rings. The summed E-state index contributed by atoms with van der Waals surface area (Å²) in [4.78, 5) is 0. The third-order valence-corrected chi connectivity index (χ3v) is 10.4. The van der Waals surface area contributed by atoms with Gasteiger partial charge in [-0.05, 0) is 72.6 Å². The number of furan rings is 2. The van der Waals surface area contributed by atoms with Crippen molar-refractivity contribution in [3.63, 3.8) is 0 Å². The largest absolute Gasteiger partial charge is 0.463 e. The van der Waals surface area contributed by atoms with Gasteiger partial charge in [0.05, 0.1) is 11.7 Å². The van der Waals surface area contributed by atoms with Crippen LogP contribution in [-0.2, 0) is 0 Å². The van der Waals surface area contributed by atoms with Crippen LogP contribution in [0.4, 0.5) is 0 Å². The first kappa shape index (κ1) is 25.1. The Hall–Kier alpha value is -6.90. The van der Waals surface area contributed by atoms with Crippen molar-refractivity contribution in [3.05, 3.63) is 182 Å². The van der Waals surface area contributed by atoms with E-state index in [9.17, 15) is 2.74 Å². The number of benzene rings is 9. The van der Waals surface area contributed by atoms with Gasteiger partial charge in [-0.1, -0.05) is 158 Å². The van der Waals surface area contributed by atoms with Gasteiger partial charge in [0.2, 0.25) is 0 Å². The van der Waals surface area contributed by atoms with Crippen molar-refractivity contribution in [2.75, 3.05) is 0 Å². The average Bonchev–Trinajstić information content (AvgIpc) is 3.85. The summed E-state index contributed by atoms with van der Waals surface area (Å²) in [5, 5.41) is 8.45. The van der Waals surface area contributed by atoms with Gasteiger partial charge in [0.25, 0.3) is 0 Å². The van der Waals surface area contributed by atoms with Gasteiger partial charge in [-0.3, -0.25) is 0 Å². The zero-order valence-electron chi connectivity index (χ0n) is 31.8. The van der Waals surface area contributed by atoms with Crippen LogP contribution in [-0.4, -0.2) is 0 Å². The van der Waals surface area contributed by atoms with Crippen molar-refractivity contribution in [3.8, 4) is 44.7 Å². The topological polar surface area (TPSA) is 26.3 Å². The van der Waals surface area contributed by atoms with E-state index in [2.05, 4.69) is 66.7 Å². The van der Waals surface area contributed by atoms with Gasteiger partial charge < -0.3 is 8.83 Å². The molecule has 2 aromatic heterocycles. The number of hydrogen-bond acceptors (Lipinski definition) is 2. The zero-order chi connectivity index (χ0) is 37.7. The summed E-state index contributed by atoms with van der Waals surface area (Å²) in [6.07, 6.45) is 1.74. The Morgan fingerprint density at radius 3 is 1.79 bits per heavy atom. The Balaban J connectivity index is 1.28. The molecule has 2 nitrogen and oxygen atoms in total. The van der Waals surface area contributed by atoms with Gasteiger partial charge in [-0.15, -0.1) is 0 Å². The van der Waals surface area contributed by atoms with Crippen LogP contribution in [0, 0.1) is 0 Å². The summed E-state index contributed by atoms with van der Waals surface area (Å²) < 4.78 is 49.9. The molecule has 0 fully saturated rings. The quantitative estimate of drug-likeness (QED) is 0.175. The molecule has 0 saturated carbocycles. The molecule has 0 saturated heterocycles. The maximum absolute atomic E-state index is 9.54. The van der Waals surface area contributed by atoms with Crippen molar-refractivity contribution in [2.45, 2.75) is 0 Å². The standard InChI is InChI=1S/C50H30O2/c1-3-15-32(16-4-1)46-43-29-42-34(28-45(43)52-49(46)33-17-5-2-6-18-33)19-13-25-40(42)47-36-21-9-11-23-38(36)48(39-24-12-10-22-37(39)47)44-30-51-50-35-20-8-7-14-31(35)26-27-41(44)50/h1-30H/i9D,11D,21D,23D. The predicted octanol–water partition coefficient (Wildman–Crippen LogP) is 14.5. The van der Waals surface area contributed by atoms with Gasteiger partial charge in [-0.25, -0.2) is 0 Å². The lowest BCUT2D eigenvalue weighted by Gasteiger charge is -2.18. The first-order chi connectivity index (χ1) is 27.5. The van der Waals surface area contributed by atoms with Crippen LogP contribution in [0.5, 0.6) is 0 Å². The highest BCUT2D eigenvalue weighted by Gasteiger charge is 2.23. The molecule has 11 rings (SSSR count). The van der Waals surface area contributed by atoms with Crippen LogP contribution in [0.1, 0.15) is 5.48 Å². The van der Waals surface area contributed by atoms with Gasteiger partial charge in [0.1, 0.15) is 16.9 Å². The number of rotatable bonds is 4. The van der Waals surface area contributed by atoms with Crippen molar-refractivity contribution >= 4 is 65.0 Å². The van der Waals surface area contributed by atoms with E-state index in [1.165, 1.54) is 0 Å². The molecule has 2 heteroatoms. The summed E-state index contributed by atoms with van der Waals surface area (Å²) in [7, 11) is 0. The number of fused-ring (bicyclic) bond motifs is 7. The highest BCUT2D eigenvalue weighted by molar-refractivity contribution is 6.26. The van der Waals surface area contributed by atoms with Crippen molar-refractivity contribution in [1.82, 2.24) is 0 Å². The molecule has 0 radical (unpaired) electrons. The second-order valence-electron chi connectivity index (χ2n) is 13.3. The Morgan fingerprint density at radius 2 is 1.04 bits per heavy atom. The van der Waals surface area contributed by atoms with Gasteiger partial charge in [0.15, 0.2) is 0 Å². The molecule has 0 aliphatic heterocycles. The molecule has 52 heavy (non-hydrogen) atoms. The van der Waals surface area contributed by atoms with Gasteiger partial charge in [-0.2, -0.15) is 0 Å². The van der Waals surface area contributed by atoms with E-state index in [-0.39, 0.29) is 24.2 Å². The second-order valence-corrected chi connectivity index (χ2v) is 13.3. The molecule has 0 aliphatic carbocycles. The summed E-state index contributed by atoms with van der Waals surface area (Å²) >= 11 is 0. The molecule has 0 amide bonds. The Kier molecular flexibility index (Phi) is 5.46. The summed E-state index contributed by atoms with van der Waals surface area (Å²) in [6, 6.07) is 50.5. The average molecular weight is 667 g/mol. The molecule has 0 atom stereocenters. The molecule has 11 aromatic rings. The van der Waals surface area contributed by atoms with E-state index < -0.39 is 0 Å². The lowest BCUT2D eigenvalue weighted by molar-refractivity contribution is 0.620. The molecular formula is C50H30O2. The second kappa shape index (κ2) is 11.3. The fourth-order valence-electron chi connectivity index (χ4n) is 8.16. The van der Waals surface area contributed by atoms with Crippen LogP contribution in [0.2, 0.25) is 0 Å². The lowest BCUT2D eigenvalue weighted by atomic mass is 9.84.